The summed E-state index contributed by atoms with van der Waals surface area (Å²) in [5.74, 6) is -0.675. The van der Waals surface area contributed by atoms with Crippen LogP contribution in [0.5, 0.6) is 0 Å². The zero-order valence-corrected chi connectivity index (χ0v) is 10.8. The first-order chi connectivity index (χ1) is 7.90. The fourth-order valence-electron chi connectivity index (χ4n) is 1.95. The molecular weight excluding hydrogens is 262 g/mol. The van der Waals surface area contributed by atoms with Crippen molar-refractivity contribution in [1.82, 2.24) is 4.72 Å². The molecule has 0 unspecified atom stereocenters. The Kier molecular flexibility index (Phi) is 3.24. The van der Waals surface area contributed by atoms with Crippen LogP contribution in [0.4, 0.5) is 0 Å². The number of hydrogen-bond acceptors (Lipinski definition) is 4. The molecule has 0 radical (unpaired) electrons. The first-order valence-electron chi connectivity index (χ1n) is 5.23. The van der Waals surface area contributed by atoms with E-state index >= 15 is 0 Å². The van der Waals surface area contributed by atoms with E-state index in [-0.39, 0.29) is 15.8 Å². The van der Waals surface area contributed by atoms with Gasteiger partial charge in [0, 0.05) is 6.04 Å². The Morgan fingerprint density at radius 3 is 2.71 bits per heavy atom. The number of sulfonamides is 1. The van der Waals surface area contributed by atoms with Crippen LogP contribution in [-0.4, -0.2) is 25.5 Å². The predicted molar refractivity (Wildman–Crippen MR) is 63.8 cm³/mol. The normalized spacial score (nSPS) is 24.3. The molecule has 0 spiro atoms. The van der Waals surface area contributed by atoms with Crippen LogP contribution < -0.4 is 4.72 Å². The number of nitrogens with one attached hydrogen (secondary N) is 1. The Morgan fingerprint density at radius 1 is 1.53 bits per heavy atom. The first-order valence-corrected chi connectivity index (χ1v) is 7.59. The van der Waals surface area contributed by atoms with Crippen molar-refractivity contribution >= 4 is 27.3 Å². The molecule has 0 aromatic carbocycles. The SMILES string of the molecule is CC1CC(NS(=O)(=O)c2ccsc2C(=O)O)C1. The Morgan fingerprint density at radius 2 is 2.18 bits per heavy atom. The van der Waals surface area contributed by atoms with Gasteiger partial charge in [-0.2, -0.15) is 0 Å². The predicted octanol–water partition coefficient (Wildman–Crippen LogP) is 1.52. The molecule has 0 atom stereocenters. The molecule has 1 aromatic heterocycles. The summed E-state index contributed by atoms with van der Waals surface area (Å²) < 4.78 is 26.5. The van der Waals surface area contributed by atoms with Gasteiger partial charge in [0.15, 0.2) is 0 Å². The molecule has 7 heteroatoms. The highest BCUT2D eigenvalue weighted by Gasteiger charge is 2.32. The van der Waals surface area contributed by atoms with Crippen molar-refractivity contribution in [3.8, 4) is 0 Å². The highest BCUT2D eigenvalue weighted by Crippen LogP contribution is 2.29. The Hall–Kier alpha value is -0.920. The van der Waals surface area contributed by atoms with Gasteiger partial charge in [0.05, 0.1) is 0 Å². The van der Waals surface area contributed by atoms with Crippen molar-refractivity contribution in [3.05, 3.63) is 16.3 Å². The molecular formula is C10H13NO4S2. The smallest absolute Gasteiger partial charge is 0.347 e. The van der Waals surface area contributed by atoms with E-state index in [0.717, 1.165) is 24.2 Å². The van der Waals surface area contributed by atoms with Crippen molar-refractivity contribution in [3.63, 3.8) is 0 Å². The molecule has 2 rings (SSSR count). The molecule has 0 saturated heterocycles. The lowest BCUT2D eigenvalue weighted by Crippen LogP contribution is -2.43. The maximum absolute atomic E-state index is 12.0. The molecule has 1 aromatic rings. The van der Waals surface area contributed by atoms with Crippen molar-refractivity contribution in [2.45, 2.75) is 30.7 Å². The third-order valence-electron chi connectivity index (χ3n) is 2.81. The van der Waals surface area contributed by atoms with Gasteiger partial charge < -0.3 is 5.11 Å². The van der Waals surface area contributed by atoms with E-state index in [9.17, 15) is 13.2 Å². The fourth-order valence-corrected chi connectivity index (χ4v) is 4.47. The first kappa shape index (κ1) is 12.5. The van der Waals surface area contributed by atoms with Crippen LogP contribution in [0.1, 0.15) is 29.4 Å². The van der Waals surface area contributed by atoms with Crippen molar-refractivity contribution in [2.24, 2.45) is 5.92 Å². The monoisotopic (exact) mass is 275 g/mol. The summed E-state index contributed by atoms with van der Waals surface area (Å²) in [4.78, 5) is 10.6. The average molecular weight is 275 g/mol. The standard InChI is InChI=1S/C10H13NO4S2/c1-6-4-7(5-6)11-17(14,15)8-2-3-16-9(8)10(12)13/h2-3,6-7,11H,4-5H2,1H3,(H,12,13). The van der Waals surface area contributed by atoms with Crippen LogP contribution in [0, 0.1) is 5.92 Å². The van der Waals surface area contributed by atoms with Gasteiger partial charge in [-0.1, -0.05) is 6.92 Å². The van der Waals surface area contributed by atoms with Crippen LogP contribution in [0.3, 0.4) is 0 Å². The summed E-state index contributed by atoms with van der Waals surface area (Å²) in [6, 6.07) is 1.27. The summed E-state index contributed by atoms with van der Waals surface area (Å²) in [6.07, 6.45) is 1.62. The second-order valence-electron chi connectivity index (χ2n) is 4.31. The van der Waals surface area contributed by atoms with Crippen molar-refractivity contribution in [1.29, 1.82) is 0 Å². The highest BCUT2D eigenvalue weighted by molar-refractivity contribution is 7.89. The second-order valence-corrected chi connectivity index (χ2v) is 6.91. The van der Waals surface area contributed by atoms with Gasteiger partial charge in [0.1, 0.15) is 9.77 Å². The third-order valence-corrected chi connectivity index (χ3v) is 5.40. The maximum atomic E-state index is 12.0. The molecule has 0 bridgehead atoms. The van der Waals surface area contributed by atoms with Crippen molar-refractivity contribution < 1.29 is 18.3 Å². The lowest BCUT2D eigenvalue weighted by molar-refractivity contribution is 0.0698. The van der Waals surface area contributed by atoms with E-state index in [4.69, 9.17) is 5.11 Å². The number of hydrogen-bond donors (Lipinski definition) is 2. The van der Waals surface area contributed by atoms with Gasteiger partial charge in [0.2, 0.25) is 10.0 Å². The van der Waals surface area contributed by atoms with E-state index in [1.807, 2.05) is 0 Å². The van der Waals surface area contributed by atoms with Gasteiger partial charge in [-0.15, -0.1) is 11.3 Å². The average Bonchev–Trinajstić information content (AvgIpc) is 2.63. The van der Waals surface area contributed by atoms with Crippen LogP contribution in [0.15, 0.2) is 16.3 Å². The Bertz CT molecular complexity index is 528. The number of carbonyl (C=O) groups is 1. The molecule has 94 valence electrons. The van der Waals surface area contributed by atoms with Gasteiger partial charge >= 0.3 is 5.97 Å². The summed E-state index contributed by atoms with van der Waals surface area (Å²) in [5, 5.41) is 10.4. The van der Waals surface area contributed by atoms with Gasteiger partial charge in [-0.05, 0) is 30.2 Å². The van der Waals surface area contributed by atoms with Crippen LogP contribution in [0.2, 0.25) is 0 Å². The summed E-state index contributed by atoms with van der Waals surface area (Å²) in [5.41, 5.74) is 0. The Labute approximate surface area is 104 Å². The molecule has 0 amide bonds. The maximum Gasteiger partial charge on any atom is 0.347 e. The number of thiophene rings is 1. The zero-order chi connectivity index (χ0) is 12.6. The van der Waals surface area contributed by atoms with E-state index in [1.165, 1.54) is 11.4 Å². The minimum absolute atomic E-state index is 0.0588. The molecule has 17 heavy (non-hydrogen) atoms. The van der Waals surface area contributed by atoms with Gasteiger partial charge in [-0.25, -0.2) is 17.9 Å². The summed E-state index contributed by atoms with van der Waals surface area (Å²) in [7, 11) is -3.70. The molecule has 1 fully saturated rings. The van der Waals surface area contributed by atoms with Gasteiger partial charge in [0.25, 0.3) is 0 Å². The van der Waals surface area contributed by atoms with Gasteiger partial charge in [-0.3, -0.25) is 0 Å². The van der Waals surface area contributed by atoms with E-state index in [1.54, 1.807) is 0 Å². The summed E-state index contributed by atoms with van der Waals surface area (Å²) in [6.45, 7) is 2.05. The molecule has 1 heterocycles. The van der Waals surface area contributed by atoms with Crippen LogP contribution >= 0.6 is 11.3 Å². The topological polar surface area (TPSA) is 83.5 Å². The molecule has 1 aliphatic carbocycles. The number of carboxylic acid groups (broad SMARTS) is 1. The fraction of sp³-hybridized carbons (Fsp3) is 0.500. The highest BCUT2D eigenvalue weighted by atomic mass is 32.2. The largest absolute Gasteiger partial charge is 0.477 e. The molecule has 1 saturated carbocycles. The zero-order valence-electron chi connectivity index (χ0n) is 9.21. The number of rotatable bonds is 4. The molecule has 5 nitrogen and oxygen atoms in total. The lowest BCUT2D eigenvalue weighted by Gasteiger charge is -2.32. The molecule has 1 aliphatic rings. The minimum atomic E-state index is -3.70. The molecule has 0 aliphatic heterocycles. The quantitative estimate of drug-likeness (QED) is 0.872. The van der Waals surface area contributed by atoms with E-state index < -0.39 is 16.0 Å². The lowest BCUT2D eigenvalue weighted by atomic mass is 9.83. The Balaban J connectivity index is 2.20. The third kappa shape index (κ3) is 2.51. The minimum Gasteiger partial charge on any atom is -0.477 e. The number of carboxylic acids is 1. The van der Waals surface area contributed by atoms with Crippen LogP contribution in [-0.2, 0) is 10.0 Å². The number of aromatic carboxylic acids is 1. The van der Waals surface area contributed by atoms with E-state index in [0.29, 0.717) is 5.92 Å². The van der Waals surface area contributed by atoms with Crippen LogP contribution in [0.25, 0.3) is 0 Å². The van der Waals surface area contributed by atoms with Crippen molar-refractivity contribution in [2.75, 3.05) is 0 Å². The summed E-state index contributed by atoms with van der Waals surface area (Å²) >= 11 is 0.919. The second kappa shape index (κ2) is 4.40. The van der Waals surface area contributed by atoms with E-state index in [2.05, 4.69) is 11.6 Å². The molecule has 2 N–H and O–H groups in total.